The van der Waals surface area contributed by atoms with Crippen LogP contribution in [-0.2, 0) is 12.0 Å². The normalized spacial score (nSPS) is 24.3. The number of aromatic carboxylic acids is 1. The second-order valence-electron chi connectivity index (χ2n) is 11.8. The SMILES string of the molecule is COc1cc(/C=N/NC(=O)Nc2ccc(C34CC5CC(CC(C5)C3)C4)cc2)ccc1OCc1cccc(C(=O)O)c1. The molecule has 3 aromatic rings. The molecular weight excluding hydrogens is 518 g/mol. The lowest BCUT2D eigenvalue weighted by Crippen LogP contribution is -2.48. The number of hydrogen-bond donors (Lipinski definition) is 3. The third-order valence-corrected chi connectivity index (χ3v) is 8.93. The molecule has 212 valence electrons. The first kappa shape index (κ1) is 26.9. The van der Waals surface area contributed by atoms with Crippen LogP contribution in [-0.4, -0.2) is 30.4 Å². The Hall–Kier alpha value is -4.33. The first-order chi connectivity index (χ1) is 19.9. The number of carbonyl (C=O) groups is 2. The Morgan fingerprint density at radius 2 is 1.66 bits per heavy atom. The minimum Gasteiger partial charge on any atom is -0.493 e. The Kier molecular flexibility index (Phi) is 7.39. The average molecular weight is 554 g/mol. The van der Waals surface area contributed by atoms with E-state index in [0.717, 1.165) is 29.0 Å². The van der Waals surface area contributed by atoms with Crippen LogP contribution in [0.2, 0.25) is 0 Å². The molecule has 7 rings (SSSR count). The number of nitrogens with zero attached hydrogens (tertiary/aromatic N) is 1. The summed E-state index contributed by atoms with van der Waals surface area (Å²) in [7, 11) is 1.54. The van der Waals surface area contributed by atoms with Crippen molar-refractivity contribution in [3.8, 4) is 11.5 Å². The van der Waals surface area contributed by atoms with Gasteiger partial charge >= 0.3 is 12.0 Å². The molecule has 4 bridgehead atoms. The molecule has 4 aliphatic carbocycles. The molecule has 0 radical (unpaired) electrons. The van der Waals surface area contributed by atoms with Gasteiger partial charge in [-0.1, -0.05) is 24.3 Å². The molecule has 4 aliphatic rings. The largest absolute Gasteiger partial charge is 0.493 e. The first-order valence-electron chi connectivity index (χ1n) is 14.2. The summed E-state index contributed by atoms with van der Waals surface area (Å²) in [6.45, 7) is 0.191. The van der Waals surface area contributed by atoms with Crippen LogP contribution in [0.1, 0.15) is 65.6 Å². The van der Waals surface area contributed by atoms with Crippen LogP contribution in [0.4, 0.5) is 10.5 Å². The highest BCUT2D eigenvalue weighted by Crippen LogP contribution is 2.60. The molecule has 4 fully saturated rings. The Balaban J connectivity index is 1.02. The van der Waals surface area contributed by atoms with Gasteiger partial charge in [0.05, 0.1) is 18.9 Å². The minimum atomic E-state index is -0.985. The lowest BCUT2D eigenvalue weighted by molar-refractivity contribution is -0.00518. The van der Waals surface area contributed by atoms with Crippen molar-refractivity contribution >= 4 is 23.9 Å². The molecule has 8 nitrogen and oxygen atoms in total. The number of rotatable bonds is 9. The maximum atomic E-state index is 12.5. The number of benzene rings is 3. The number of hydrogen-bond acceptors (Lipinski definition) is 5. The van der Waals surface area contributed by atoms with Gasteiger partial charge in [-0.2, -0.15) is 5.10 Å². The standard InChI is InChI=1S/C33H35N3O5/c1-40-30-15-21(5-10-29(30)41-20-22-3-2-4-26(14-22)31(37)38)19-34-36-32(39)35-28-8-6-27(7-9-28)33-16-23-11-24(17-33)13-25(12-23)18-33/h2-10,14-15,19,23-25H,11-13,16-18,20H2,1H3,(H,37,38)(H2,35,36,39)/b34-19+. The maximum absolute atomic E-state index is 12.5. The molecule has 0 aliphatic heterocycles. The van der Waals surface area contributed by atoms with E-state index in [4.69, 9.17) is 9.47 Å². The zero-order valence-electron chi connectivity index (χ0n) is 23.1. The summed E-state index contributed by atoms with van der Waals surface area (Å²) in [4.78, 5) is 23.6. The van der Waals surface area contributed by atoms with Crippen molar-refractivity contribution in [1.29, 1.82) is 0 Å². The molecule has 0 atom stereocenters. The number of methoxy groups -OCH3 is 1. The summed E-state index contributed by atoms with van der Waals surface area (Å²) < 4.78 is 11.3. The van der Waals surface area contributed by atoms with E-state index >= 15 is 0 Å². The molecule has 0 unspecified atom stereocenters. The van der Waals surface area contributed by atoms with Crippen LogP contribution >= 0.6 is 0 Å². The lowest BCUT2D eigenvalue weighted by Gasteiger charge is -2.57. The molecule has 0 saturated heterocycles. The lowest BCUT2D eigenvalue weighted by atomic mass is 9.48. The third kappa shape index (κ3) is 5.92. The number of nitrogens with one attached hydrogen (secondary N) is 2. The Morgan fingerprint density at radius 3 is 2.32 bits per heavy atom. The number of carboxylic acids is 1. The van der Waals surface area contributed by atoms with Crippen molar-refractivity contribution in [2.75, 3.05) is 12.4 Å². The summed E-state index contributed by atoms with van der Waals surface area (Å²) in [5, 5.41) is 16.1. The second kappa shape index (κ2) is 11.3. The van der Waals surface area contributed by atoms with Crippen molar-refractivity contribution in [2.24, 2.45) is 22.9 Å². The van der Waals surface area contributed by atoms with E-state index in [1.165, 1.54) is 63.5 Å². The van der Waals surface area contributed by atoms with Gasteiger partial charge in [0.15, 0.2) is 11.5 Å². The summed E-state index contributed by atoms with van der Waals surface area (Å²) >= 11 is 0. The maximum Gasteiger partial charge on any atom is 0.339 e. The fourth-order valence-electron chi connectivity index (χ4n) is 7.53. The van der Waals surface area contributed by atoms with Gasteiger partial charge < -0.3 is 19.9 Å². The van der Waals surface area contributed by atoms with Gasteiger partial charge in [-0.25, -0.2) is 15.0 Å². The van der Waals surface area contributed by atoms with Crippen molar-refractivity contribution in [3.63, 3.8) is 0 Å². The zero-order chi connectivity index (χ0) is 28.4. The van der Waals surface area contributed by atoms with Crippen LogP contribution in [0, 0.1) is 17.8 Å². The molecule has 8 heteroatoms. The quantitative estimate of drug-likeness (QED) is 0.204. The number of anilines is 1. The van der Waals surface area contributed by atoms with Crippen molar-refractivity contribution < 1.29 is 24.2 Å². The first-order valence-corrected chi connectivity index (χ1v) is 14.2. The molecule has 41 heavy (non-hydrogen) atoms. The summed E-state index contributed by atoms with van der Waals surface area (Å²) in [6.07, 6.45) is 9.76. The van der Waals surface area contributed by atoms with Crippen molar-refractivity contribution in [2.45, 2.75) is 50.5 Å². The monoisotopic (exact) mass is 553 g/mol. The van der Waals surface area contributed by atoms with Gasteiger partial charge in [0.2, 0.25) is 0 Å². The number of urea groups is 1. The highest BCUT2D eigenvalue weighted by Gasteiger charge is 2.51. The van der Waals surface area contributed by atoms with Gasteiger partial charge in [-0.05, 0) is 121 Å². The molecule has 0 heterocycles. The second-order valence-corrected chi connectivity index (χ2v) is 11.8. The van der Waals surface area contributed by atoms with Gasteiger partial charge in [0.1, 0.15) is 6.61 Å². The van der Waals surface area contributed by atoms with E-state index in [2.05, 4.69) is 28.0 Å². The van der Waals surface area contributed by atoms with Crippen LogP contribution in [0.5, 0.6) is 11.5 Å². The van der Waals surface area contributed by atoms with Crippen molar-refractivity contribution in [1.82, 2.24) is 5.43 Å². The Bertz CT molecular complexity index is 1430. The number of ether oxygens (including phenoxy) is 2. The predicted molar refractivity (Wildman–Crippen MR) is 157 cm³/mol. The Labute approximate surface area is 239 Å². The predicted octanol–water partition coefficient (Wildman–Crippen LogP) is 6.60. The van der Waals surface area contributed by atoms with E-state index < -0.39 is 12.0 Å². The van der Waals surface area contributed by atoms with Crippen LogP contribution < -0.4 is 20.2 Å². The number of hydrazone groups is 1. The summed E-state index contributed by atoms with van der Waals surface area (Å²) in [6, 6.07) is 19.8. The minimum absolute atomic E-state index is 0.191. The number of amides is 2. The highest BCUT2D eigenvalue weighted by molar-refractivity contribution is 5.90. The molecule has 0 aromatic heterocycles. The zero-order valence-corrected chi connectivity index (χ0v) is 23.1. The molecule has 2 amide bonds. The summed E-state index contributed by atoms with van der Waals surface area (Å²) in [5.74, 6) is 2.71. The smallest absolute Gasteiger partial charge is 0.339 e. The van der Waals surface area contributed by atoms with Gasteiger partial charge in [0.25, 0.3) is 0 Å². The topological polar surface area (TPSA) is 109 Å². The van der Waals surface area contributed by atoms with E-state index in [-0.39, 0.29) is 12.2 Å². The van der Waals surface area contributed by atoms with Gasteiger partial charge in [-0.15, -0.1) is 0 Å². The van der Waals surface area contributed by atoms with Crippen molar-refractivity contribution in [3.05, 3.63) is 89.0 Å². The molecule has 4 saturated carbocycles. The summed E-state index contributed by atoms with van der Waals surface area (Å²) in [5.41, 5.74) is 6.67. The van der Waals surface area contributed by atoms with E-state index in [9.17, 15) is 14.7 Å². The average Bonchev–Trinajstić information content (AvgIpc) is 2.96. The van der Waals surface area contributed by atoms with Crippen LogP contribution in [0.15, 0.2) is 71.8 Å². The fraction of sp³-hybridized carbons (Fsp3) is 0.364. The number of carbonyl (C=O) groups excluding carboxylic acids is 1. The van der Waals surface area contributed by atoms with Gasteiger partial charge in [-0.3, -0.25) is 0 Å². The van der Waals surface area contributed by atoms with E-state index in [1.54, 1.807) is 36.4 Å². The third-order valence-electron chi connectivity index (χ3n) is 8.93. The fourth-order valence-corrected chi connectivity index (χ4v) is 7.53. The molecular formula is C33H35N3O5. The van der Waals surface area contributed by atoms with E-state index in [1.807, 2.05) is 12.1 Å². The molecule has 3 N–H and O–H groups in total. The number of carboxylic acid groups (broad SMARTS) is 1. The highest BCUT2D eigenvalue weighted by atomic mass is 16.5. The Morgan fingerprint density at radius 1 is 0.951 bits per heavy atom. The molecule has 3 aromatic carbocycles. The van der Waals surface area contributed by atoms with Gasteiger partial charge in [0, 0.05) is 5.69 Å². The van der Waals surface area contributed by atoms with Crippen LogP contribution in [0.25, 0.3) is 0 Å². The molecule has 0 spiro atoms. The van der Waals surface area contributed by atoms with Crippen LogP contribution in [0.3, 0.4) is 0 Å². The van der Waals surface area contributed by atoms with E-state index in [0.29, 0.717) is 22.5 Å².